The van der Waals surface area contributed by atoms with Crippen molar-refractivity contribution in [3.8, 4) is 0 Å². The Bertz CT molecular complexity index is 384. The summed E-state index contributed by atoms with van der Waals surface area (Å²) in [5.41, 5.74) is -1.18. The molecule has 0 amide bonds. The van der Waals surface area contributed by atoms with Crippen molar-refractivity contribution in [3.05, 3.63) is 22.7 Å². The first-order valence-corrected chi connectivity index (χ1v) is 4.77. The van der Waals surface area contributed by atoms with Gasteiger partial charge in [0.25, 0.3) is 5.56 Å². The fraction of sp³-hybridized carbons (Fsp3) is 0.556. The summed E-state index contributed by atoms with van der Waals surface area (Å²) < 4.78 is 5.08. The first-order valence-electron chi connectivity index (χ1n) is 4.77. The Labute approximate surface area is 86.3 Å². The standard InChI is InChI=1S/C9H13N3O3/c13-8-7(10-2-3-11-8)12-5-9(14)1-4-15-6-9/h2-3,14H,1,4-6H2,(H,10,12)(H,11,13). The van der Waals surface area contributed by atoms with Gasteiger partial charge in [-0.25, -0.2) is 4.98 Å². The molecule has 82 valence electrons. The monoisotopic (exact) mass is 211 g/mol. The molecule has 0 bridgehead atoms. The minimum absolute atomic E-state index is 0.220. The highest BCUT2D eigenvalue weighted by molar-refractivity contribution is 5.30. The predicted octanol–water partition coefficient (Wildman–Crippen LogP) is -0.667. The largest absolute Gasteiger partial charge is 0.386 e. The number of hydrogen-bond donors (Lipinski definition) is 3. The molecule has 0 radical (unpaired) electrons. The molecule has 1 aliphatic rings. The van der Waals surface area contributed by atoms with Gasteiger partial charge >= 0.3 is 0 Å². The number of ether oxygens (including phenoxy) is 1. The van der Waals surface area contributed by atoms with E-state index in [1.165, 1.54) is 12.4 Å². The maximum atomic E-state index is 11.2. The first kappa shape index (κ1) is 10.1. The number of hydrogen-bond acceptors (Lipinski definition) is 5. The van der Waals surface area contributed by atoms with Gasteiger partial charge in [-0.2, -0.15) is 0 Å². The lowest BCUT2D eigenvalue weighted by Gasteiger charge is -2.20. The number of H-pyrrole nitrogens is 1. The lowest BCUT2D eigenvalue weighted by atomic mass is 10.0. The van der Waals surface area contributed by atoms with E-state index in [1.807, 2.05) is 0 Å². The molecule has 1 atom stereocenters. The normalized spacial score (nSPS) is 25.4. The average molecular weight is 211 g/mol. The summed E-state index contributed by atoms with van der Waals surface area (Å²) >= 11 is 0. The van der Waals surface area contributed by atoms with Crippen LogP contribution in [0.4, 0.5) is 5.82 Å². The predicted molar refractivity (Wildman–Crippen MR) is 53.7 cm³/mol. The van der Waals surface area contributed by atoms with Gasteiger partial charge in [-0.15, -0.1) is 0 Å². The van der Waals surface area contributed by atoms with Gasteiger partial charge < -0.3 is 20.1 Å². The van der Waals surface area contributed by atoms with Gasteiger partial charge in [-0.05, 0) is 0 Å². The second-order valence-electron chi connectivity index (χ2n) is 3.65. The highest BCUT2D eigenvalue weighted by Gasteiger charge is 2.32. The van der Waals surface area contributed by atoms with E-state index >= 15 is 0 Å². The van der Waals surface area contributed by atoms with Crippen LogP contribution >= 0.6 is 0 Å². The summed E-state index contributed by atoms with van der Waals surface area (Å²) in [4.78, 5) is 17.6. The number of rotatable bonds is 3. The van der Waals surface area contributed by atoms with Crippen molar-refractivity contribution in [1.82, 2.24) is 9.97 Å². The summed E-state index contributed by atoms with van der Waals surface area (Å²) in [6, 6.07) is 0. The van der Waals surface area contributed by atoms with Crippen LogP contribution < -0.4 is 10.9 Å². The Hall–Kier alpha value is -1.40. The van der Waals surface area contributed by atoms with Gasteiger partial charge in [-0.1, -0.05) is 0 Å². The molecule has 1 unspecified atom stereocenters. The summed E-state index contributed by atoms with van der Waals surface area (Å²) in [6.45, 7) is 1.12. The van der Waals surface area contributed by atoms with Crippen LogP contribution in [0.2, 0.25) is 0 Å². The van der Waals surface area contributed by atoms with E-state index in [0.29, 0.717) is 19.6 Å². The Morgan fingerprint density at radius 2 is 2.60 bits per heavy atom. The highest BCUT2D eigenvalue weighted by Crippen LogP contribution is 2.17. The highest BCUT2D eigenvalue weighted by atomic mass is 16.5. The summed E-state index contributed by atoms with van der Waals surface area (Å²) in [6.07, 6.45) is 3.52. The molecule has 0 spiro atoms. The van der Waals surface area contributed by atoms with E-state index in [1.54, 1.807) is 0 Å². The number of nitrogens with one attached hydrogen (secondary N) is 2. The van der Waals surface area contributed by atoms with E-state index in [0.717, 1.165) is 0 Å². The Kier molecular flexibility index (Phi) is 2.70. The molecule has 1 saturated heterocycles. The zero-order valence-corrected chi connectivity index (χ0v) is 8.19. The van der Waals surface area contributed by atoms with Crippen molar-refractivity contribution in [2.45, 2.75) is 12.0 Å². The van der Waals surface area contributed by atoms with Crippen molar-refractivity contribution < 1.29 is 9.84 Å². The Morgan fingerprint density at radius 3 is 3.27 bits per heavy atom. The summed E-state index contributed by atoms with van der Waals surface area (Å²) in [5.74, 6) is 0.220. The van der Waals surface area contributed by atoms with E-state index in [2.05, 4.69) is 15.3 Å². The number of nitrogens with zero attached hydrogens (tertiary/aromatic N) is 1. The van der Waals surface area contributed by atoms with Crippen molar-refractivity contribution in [2.24, 2.45) is 0 Å². The van der Waals surface area contributed by atoms with Gasteiger partial charge in [0.05, 0.1) is 6.61 Å². The average Bonchev–Trinajstić information content (AvgIpc) is 2.65. The lowest BCUT2D eigenvalue weighted by molar-refractivity contribution is 0.0381. The van der Waals surface area contributed by atoms with E-state index in [-0.39, 0.29) is 17.9 Å². The van der Waals surface area contributed by atoms with Crippen LogP contribution in [0.5, 0.6) is 0 Å². The summed E-state index contributed by atoms with van der Waals surface area (Å²) in [7, 11) is 0. The van der Waals surface area contributed by atoms with Gasteiger partial charge in [0.1, 0.15) is 5.60 Å². The van der Waals surface area contributed by atoms with Crippen LogP contribution in [0, 0.1) is 0 Å². The first-order chi connectivity index (χ1) is 7.20. The zero-order valence-electron chi connectivity index (χ0n) is 8.19. The van der Waals surface area contributed by atoms with E-state index in [9.17, 15) is 9.90 Å². The smallest absolute Gasteiger partial charge is 0.290 e. The second kappa shape index (κ2) is 4.00. The van der Waals surface area contributed by atoms with Gasteiger partial charge in [0.2, 0.25) is 0 Å². The number of aromatic nitrogens is 2. The minimum atomic E-state index is -0.885. The van der Waals surface area contributed by atoms with Crippen molar-refractivity contribution in [1.29, 1.82) is 0 Å². The second-order valence-corrected chi connectivity index (χ2v) is 3.65. The van der Waals surface area contributed by atoms with Crippen molar-refractivity contribution in [2.75, 3.05) is 25.1 Å². The molecule has 1 aromatic rings. The molecule has 6 nitrogen and oxygen atoms in total. The quantitative estimate of drug-likeness (QED) is 0.617. The molecule has 0 aliphatic carbocycles. The molecule has 3 N–H and O–H groups in total. The maximum Gasteiger partial charge on any atom is 0.290 e. The third-order valence-corrected chi connectivity index (χ3v) is 2.38. The molecule has 6 heteroatoms. The topological polar surface area (TPSA) is 87.2 Å². The Morgan fingerprint density at radius 1 is 1.73 bits per heavy atom. The molecule has 1 fully saturated rings. The SMILES string of the molecule is O=c1[nH]ccnc1NCC1(O)CCOC1. The molecule has 2 heterocycles. The summed E-state index contributed by atoms with van der Waals surface area (Å²) in [5, 5.41) is 12.7. The zero-order chi connectivity index (χ0) is 10.7. The molecule has 2 rings (SSSR count). The Balaban J connectivity index is 1.99. The molecular formula is C9H13N3O3. The van der Waals surface area contributed by atoms with Crippen molar-refractivity contribution in [3.63, 3.8) is 0 Å². The molecule has 0 saturated carbocycles. The van der Waals surface area contributed by atoms with Crippen LogP contribution in [0.3, 0.4) is 0 Å². The van der Waals surface area contributed by atoms with Crippen LogP contribution in [0.25, 0.3) is 0 Å². The third kappa shape index (κ3) is 2.34. The van der Waals surface area contributed by atoms with Crippen LogP contribution in [-0.2, 0) is 4.74 Å². The van der Waals surface area contributed by atoms with Gasteiger partial charge in [0, 0.05) is 32.0 Å². The maximum absolute atomic E-state index is 11.2. The van der Waals surface area contributed by atoms with Crippen LogP contribution in [0.1, 0.15) is 6.42 Å². The van der Waals surface area contributed by atoms with Crippen LogP contribution in [0.15, 0.2) is 17.2 Å². The molecule has 1 aromatic heterocycles. The molecule has 0 aromatic carbocycles. The fourth-order valence-electron chi connectivity index (χ4n) is 1.46. The lowest BCUT2D eigenvalue weighted by Crippen LogP contribution is -2.38. The molecular weight excluding hydrogens is 198 g/mol. The fourth-order valence-corrected chi connectivity index (χ4v) is 1.46. The van der Waals surface area contributed by atoms with Crippen LogP contribution in [-0.4, -0.2) is 40.4 Å². The van der Waals surface area contributed by atoms with Gasteiger partial charge in [0.15, 0.2) is 5.82 Å². The molecule has 1 aliphatic heterocycles. The number of anilines is 1. The number of aromatic amines is 1. The van der Waals surface area contributed by atoms with E-state index in [4.69, 9.17) is 4.74 Å². The van der Waals surface area contributed by atoms with E-state index < -0.39 is 5.60 Å². The van der Waals surface area contributed by atoms with Crippen molar-refractivity contribution >= 4 is 5.82 Å². The minimum Gasteiger partial charge on any atom is -0.386 e. The molecule has 15 heavy (non-hydrogen) atoms. The van der Waals surface area contributed by atoms with Gasteiger partial charge in [-0.3, -0.25) is 4.79 Å². The third-order valence-electron chi connectivity index (χ3n) is 2.38. The number of aliphatic hydroxyl groups is 1.